The molecule has 50 heavy (non-hydrogen) atoms. The lowest BCUT2D eigenvalue weighted by Gasteiger charge is -2.15. The summed E-state index contributed by atoms with van der Waals surface area (Å²) in [5.74, 6) is 0. The highest BCUT2D eigenvalue weighted by Gasteiger charge is 2.21. The number of benzene rings is 5. The Morgan fingerprint density at radius 3 is 1.92 bits per heavy atom. The molecule has 0 saturated heterocycles. The fraction of sp³-hybridized carbons (Fsp3) is 0. The third-order valence-corrected chi connectivity index (χ3v) is 9.68. The standard InChI is InChI=1S/C45H29N5/c1-2-12-34(13-3-1)49-42-18-7-5-15-38(42)44-43(49)20-19-37-36-14-4-6-17-41(36)50(45(37)44)35-26-32(25-33(27-35)31-11-10-22-46-29-31)30-21-24-48-40(28-30)39-16-8-9-23-47-39/h1-29H. The van der Waals surface area contributed by atoms with Gasteiger partial charge in [0.1, 0.15) is 0 Å². The summed E-state index contributed by atoms with van der Waals surface area (Å²) in [5.41, 5.74) is 12.9. The van der Waals surface area contributed by atoms with Crippen molar-refractivity contribution in [1.82, 2.24) is 24.1 Å². The number of para-hydroxylation sites is 3. The van der Waals surface area contributed by atoms with E-state index in [9.17, 15) is 0 Å². The smallest absolute Gasteiger partial charge is 0.0892 e. The van der Waals surface area contributed by atoms with Crippen molar-refractivity contribution in [3.05, 3.63) is 176 Å². The van der Waals surface area contributed by atoms with Gasteiger partial charge in [0.25, 0.3) is 0 Å². The maximum Gasteiger partial charge on any atom is 0.0892 e. The minimum Gasteiger partial charge on any atom is -0.309 e. The molecule has 0 N–H and O–H groups in total. The second-order valence-corrected chi connectivity index (χ2v) is 12.6. The number of hydrogen-bond acceptors (Lipinski definition) is 3. The molecule has 10 aromatic rings. The lowest BCUT2D eigenvalue weighted by molar-refractivity contribution is 1.17. The van der Waals surface area contributed by atoms with Crippen LogP contribution in [-0.2, 0) is 0 Å². The molecular weight excluding hydrogens is 611 g/mol. The summed E-state index contributed by atoms with van der Waals surface area (Å²) in [4.78, 5) is 13.7. The van der Waals surface area contributed by atoms with Gasteiger partial charge in [0, 0.05) is 63.3 Å². The van der Waals surface area contributed by atoms with Gasteiger partial charge in [-0.05, 0) is 95.6 Å². The van der Waals surface area contributed by atoms with E-state index >= 15 is 0 Å². The molecule has 5 nitrogen and oxygen atoms in total. The molecular formula is C45H29N5. The normalized spacial score (nSPS) is 11.6. The summed E-state index contributed by atoms with van der Waals surface area (Å²) in [6, 6.07) is 53.8. The summed E-state index contributed by atoms with van der Waals surface area (Å²) in [6.07, 6.45) is 7.44. The van der Waals surface area contributed by atoms with Crippen molar-refractivity contribution < 1.29 is 0 Å². The van der Waals surface area contributed by atoms with E-state index in [4.69, 9.17) is 0 Å². The average Bonchev–Trinajstić information content (AvgIpc) is 3.72. The van der Waals surface area contributed by atoms with Crippen LogP contribution in [0.2, 0.25) is 0 Å². The molecule has 5 aromatic heterocycles. The first-order valence-electron chi connectivity index (χ1n) is 16.8. The Balaban J connectivity index is 1.32. The number of pyridine rings is 3. The van der Waals surface area contributed by atoms with Gasteiger partial charge in [0.15, 0.2) is 0 Å². The Morgan fingerprint density at radius 1 is 0.380 bits per heavy atom. The molecule has 0 aliphatic heterocycles. The van der Waals surface area contributed by atoms with Gasteiger partial charge in [-0.15, -0.1) is 0 Å². The van der Waals surface area contributed by atoms with Crippen LogP contribution >= 0.6 is 0 Å². The van der Waals surface area contributed by atoms with Crippen molar-refractivity contribution >= 4 is 43.6 Å². The molecule has 0 saturated carbocycles. The van der Waals surface area contributed by atoms with Gasteiger partial charge in [0.05, 0.1) is 33.5 Å². The molecule has 0 radical (unpaired) electrons. The first kappa shape index (κ1) is 28.2. The summed E-state index contributed by atoms with van der Waals surface area (Å²) >= 11 is 0. The van der Waals surface area contributed by atoms with E-state index in [1.54, 1.807) is 0 Å². The zero-order valence-corrected chi connectivity index (χ0v) is 27.0. The zero-order chi connectivity index (χ0) is 33.0. The lowest BCUT2D eigenvalue weighted by Crippen LogP contribution is -1.97. The number of hydrogen-bond donors (Lipinski definition) is 0. The highest BCUT2D eigenvalue weighted by atomic mass is 15.0. The highest BCUT2D eigenvalue weighted by molar-refractivity contribution is 6.26. The van der Waals surface area contributed by atoms with Gasteiger partial charge in [-0.1, -0.05) is 72.8 Å². The van der Waals surface area contributed by atoms with Crippen molar-refractivity contribution in [2.75, 3.05) is 0 Å². The van der Waals surface area contributed by atoms with E-state index in [2.05, 4.69) is 151 Å². The summed E-state index contributed by atoms with van der Waals surface area (Å²) in [7, 11) is 0. The third kappa shape index (κ3) is 4.45. The Labute approximate surface area is 288 Å². The number of fused-ring (bicyclic) bond motifs is 7. The first-order chi connectivity index (χ1) is 24.8. The van der Waals surface area contributed by atoms with E-state index in [0.29, 0.717) is 0 Å². The van der Waals surface area contributed by atoms with E-state index in [0.717, 1.165) is 50.5 Å². The van der Waals surface area contributed by atoms with Crippen LogP contribution < -0.4 is 0 Å². The van der Waals surface area contributed by atoms with Crippen LogP contribution in [0.25, 0.3) is 88.6 Å². The molecule has 10 rings (SSSR count). The van der Waals surface area contributed by atoms with E-state index < -0.39 is 0 Å². The van der Waals surface area contributed by atoms with Gasteiger partial charge < -0.3 is 9.13 Å². The van der Waals surface area contributed by atoms with Crippen LogP contribution in [0.3, 0.4) is 0 Å². The Kier molecular flexibility index (Phi) is 6.42. The van der Waals surface area contributed by atoms with Crippen molar-refractivity contribution in [3.63, 3.8) is 0 Å². The lowest BCUT2D eigenvalue weighted by atomic mass is 9.98. The molecule has 5 heterocycles. The highest BCUT2D eigenvalue weighted by Crippen LogP contribution is 2.43. The number of nitrogens with zero attached hydrogens (tertiary/aromatic N) is 5. The van der Waals surface area contributed by atoms with Crippen molar-refractivity contribution in [2.24, 2.45) is 0 Å². The zero-order valence-electron chi connectivity index (χ0n) is 27.0. The number of rotatable bonds is 5. The van der Waals surface area contributed by atoms with Crippen LogP contribution in [0.5, 0.6) is 0 Å². The number of aromatic nitrogens is 5. The van der Waals surface area contributed by atoms with E-state index in [1.807, 2.05) is 49.1 Å². The minimum atomic E-state index is 0.837. The molecule has 5 heteroatoms. The molecule has 5 aromatic carbocycles. The quantitative estimate of drug-likeness (QED) is 0.188. The van der Waals surface area contributed by atoms with Crippen LogP contribution in [0.4, 0.5) is 0 Å². The summed E-state index contributed by atoms with van der Waals surface area (Å²) < 4.78 is 4.85. The molecule has 0 atom stereocenters. The van der Waals surface area contributed by atoms with Crippen molar-refractivity contribution in [2.45, 2.75) is 0 Å². The molecule has 0 bridgehead atoms. The van der Waals surface area contributed by atoms with Gasteiger partial charge in [-0.2, -0.15) is 0 Å². The molecule has 0 aliphatic rings. The molecule has 0 fully saturated rings. The largest absolute Gasteiger partial charge is 0.309 e. The van der Waals surface area contributed by atoms with E-state index in [1.165, 1.54) is 38.1 Å². The summed E-state index contributed by atoms with van der Waals surface area (Å²) in [6.45, 7) is 0. The minimum absolute atomic E-state index is 0.837. The summed E-state index contributed by atoms with van der Waals surface area (Å²) in [5, 5.41) is 4.89. The predicted octanol–water partition coefficient (Wildman–Crippen LogP) is 11.1. The maximum atomic E-state index is 4.68. The second-order valence-electron chi connectivity index (χ2n) is 12.6. The third-order valence-electron chi connectivity index (χ3n) is 9.68. The van der Waals surface area contributed by atoms with Crippen LogP contribution in [0.1, 0.15) is 0 Å². The Bertz CT molecular complexity index is 2850. The topological polar surface area (TPSA) is 48.5 Å². The predicted molar refractivity (Wildman–Crippen MR) is 205 cm³/mol. The van der Waals surface area contributed by atoms with Crippen molar-refractivity contribution in [1.29, 1.82) is 0 Å². The molecule has 0 spiro atoms. The average molecular weight is 640 g/mol. The fourth-order valence-corrected chi connectivity index (χ4v) is 7.50. The monoisotopic (exact) mass is 639 g/mol. The van der Waals surface area contributed by atoms with Gasteiger partial charge in [-0.25, -0.2) is 0 Å². The van der Waals surface area contributed by atoms with Gasteiger partial charge in [0.2, 0.25) is 0 Å². The van der Waals surface area contributed by atoms with Crippen LogP contribution in [0, 0.1) is 0 Å². The molecule has 0 unspecified atom stereocenters. The van der Waals surface area contributed by atoms with Crippen LogP contribution in [0.15, 0.2) is 176 Å². The van der Waals surface area contributed by atoms with Gasteiger partial charge in [-0.3, -0.25) is 15.0 Å². The Morgan fingerprint density at radius 2 is 1.12 bits per heavy atom. The second kappa shape index (κ2) is 11.4. The van der Waals surface area contributed by atoms with Crippen molar-refractivity contribution in [3.8, 4) is 45.0 Å². The Hall–Kier alpha value is -6.85. The van der Waals surface area contributed by atoms with Gasteiger partial charge >= 0.3 is 0 Å². The molecule has 0 aliphatic carbocycles. The van der Waals surface area contributed by atoms with E-state index in [-0.39, 0.29) is 0 Å². The molecule has 234 valence electrons. The fourth-order valence-electron chi connectivity index (χ4n) is 7.50. The first-order valence-corrected chi connectivity index (χ1v) is 16.8. The maximum absolute atomic E-state index is 4.68. The molecule has 0 amide bonds. The van der Waals surface area contributed by atoms with Crippen LogP contribution in [-0.4, -0.2) is 24.1 Å². The SMILES string of the molecule is c1ccc(-n2c3ccccc3c3c2ccc2c4ccccc4n(-c4cc(-c5cccnc5)cc(-c5ccnc(-c6ccccn6)c5)c4)c23)cc1.